The van der Waals surface area contributed by atoms with E-state index in [1.807, 2.05) is 0 Å². The monoisotopic (exact) mass is 351 g/mol. The van der Waals surface area contributed by atoms with Crippen LogP contribution < -0.4 is 16.0 Å². The van der Waals surface area contributed by atoms with Gasteiger partial charge in [0.25, 0.3) is 11.8 Å². The third-order valence-corrected chi connectivity index (χ3v) is 3.67. The van der Waals surface area contributed by atoms with Crippen molar-refractivity contribution in [3.8, 4) is 0 Å². The van der Waals surface area contributed by atoms with E-state index in [0.29, 0.717) is 0 Å². The summed E-state index contributed by atoms with van der Waals surface area (Å²) in [6, 6.07) is 2.57. The molecular weight excluding hydrogens is 330 g/mol. The van der Waals surface area contributed by atoms with Crippen LogP contribution in [0.4, 0.5) is 4.79 Å². The predicted octanol–water partition coefficient (Wildman–Crippen LogP) is 0.711. The van der Waals surface area contributed by atoms with Crippen LogP contribution in [-0.2, 0) is 14.3 Å². The molecule has 1 aromatic rings. The SMILES string of the molecule is O=C(COC(=O)CCNC(=O)c1ccco1)NC(=O)NC1CCCC1. The molecule has 1 heterocycles. The van der Waals surface area contributed by atoms with Gasteiger partial charge < -0.3 is 19.8 Å². The number of furan rings is 1. The average Bonchev–Trinajstić information content (AvgIpc) is 3.26. The summed E-state index contributed by atoms with van der Waals surface area (Å²) in [6.07, 6.45) is 5.19. The summed E-state index contributed by atoms with van der Waals surface area (Å²) in [5, 5.41) is 7.27. The predicted molar refractivity (Wildman–Crippen MR) is 85.5 cm³/mol. The molecule has 0 aromatic carbocycles. The van der Waals surface area contributed by atoms with Crippen molar-refractivity contribution in [2.45, 2.75) is 38.1 Å². The summed E-state index contributed by atoms with van der Waals surface area (Å²) in [5.41, 5.74) is 0. The summed E-state index contributed by atoms with van der Waals surface area (Å²) in [6.45, 7) is -0.509. The molecule has 0 radical (unpaired) electrons. The molecular formula is C16H21N3O6. The molecule has 1 aliphatic carbocycles. The first-order valence-corrected chi connectivity index (χ1v) is 8.12. The average molecular weight is 351 g/mol. The first kappa shape index (κ1) is 18.5. The quantitative estimate of drug-likeness (QED) is 0.621. The molecule has 0 spiro atoms. The fraction of sp³-hybridized carbons (Fsp3) is 0.500. The van der Waals surface area contributed by atoms with Gasteiger partial charge in [-0.1, -0.05) is 12.8 Å². The second-order valence-corrected chi connectivity index (χ2v) is 5.65. The largest absolute Gasteiger partial charge is 0.459 e. The number of carbonyl (C=O) groups excluding carboxylic acids is 4. The number of imide groups is 1. The Bertz CT molecular complexity index is 607. The number of esters is 1. The summed E-state index contributed by atoms with van der Waals surface area (Å²) in [4.78, 5) is 46.2. The molecule has 0 saturated heterocycles. The van der Waals surface area contributed by atoms with Gasteiger partial charge in [-0.2, -0.15) is 0 Å². The molecule has 1 saturated carbocycles. The third kappa shape index (κ3) is 6.66. The van der Waals surface area contributed by atoms with Crippen LogP contribution in [0.2, 0.25) is 0 Å². The van der Waals surface area contributed by atoms with Crippen molar-refractivity contribution in [1.29, 1.82) is 0 Å². The van der Waals surface area contributed by atoms with Crippen LogP contribution in [0.25, 0.3) is 0 Å². The van der Waals surface area contributed by atoms with Crippen LogP contribution >= 0.6 is 0 Å². The highest BCUT2D eigenvalue weighted by atomic mass is 16.5. The number of ether oxygens (including phenoxy) is 1. The second kappa shape index (κ2) is 9.45. The number of nitrogens with one attached hydrogen (secondary N) is 3. The zero-order valence-electron chi connectivity index (χ0n) is 13.7. The lowest BCUT2D eigenvalue weighted by Gasteiger charge is -2.12. The van der Waals surface area contributed by atoms with Gasteiger partial charge in [-0.25, -0.2) is 4.79 Å². The van der Waals surface area contributed by atoms with Gasteiger partial charge >= 0.3 is 12.0 Å². The molecule has 0 atom stereocenters. The Balaban J connectivity index is 1.55. The lowest BCUT2D eigenvalue weighted by molar-refractivity contribution is -0.148. The van der Waals surface area contributed by atoms with Gasteiger partial charge in [0.2, 0.25) is 0 Å². The number of rotatable bonds is 7. The molecule has 25 heavy (non-hydrogen) atoms. The van der Waals surface area contributed by atoms with Crippen molar-refractivity contribution < 1.29 is 28.3 Å². The van der Waals surface area contributed by atoms with Crippen LogP contribution in [0.3, 0.4) is 0 Å². The van der Waals surface area contributed by atoms with E-state index in [-0.39, 0.29) is 24.8 Å². The fourth-order valence-corrected chi connectivity index (χ4v) is 2.45. The Morgan fingerprint density at radius 3 is 2.64 bits per heavy atom. The number of urea groups is 1. The van der Waals surface area contributed by atoms with Crippen molar-refractivity contribution in [2.24, 2.45) is 0 Å². The van der Waals surface area contributed by atoms with Crippen molar-refractivity contribution in [1.82, 2.24) is 16.0 Å². The minimum atomic E-state index is -0.705. The zero-order valence-corrected chi connectivity index (χ0v) is 13.7. The summed E-state index contributed by atoms with van der Waals surface area (Å²) in [5.74, 6) is -1.67. The lowest BCUT2D eigenvalue weighted by Crippen LogP contribution is -2.45. The highest BCUT2D eigenvalue weighted by Crippen LogP contribution is 2.17. The number of hydrogen-bond acceptors (Lipinski definition) is 6. The summed E-state index contributed by atoms with van der Waals surface area (Å²) < 4.78 is 9.64. The fourth-order valence-electron chi connectivity index (χ4n) is 2.45. The van der Waals surface area contributed by atoms with Crippen LogP contribution in [0.1, 0.15) is 42.7 Å². The standard InChI is InChI=1S/C16H21N3O6/c20-13(19-16(23)18-11-4-1-2-5-11)10-25-14(21)7-8-17-15(22)12-6-3-9-24-12/h3,6,9,11H,1-2,4-5,7-8,10H2,(H,17,22)(H2,18,19,20,23). The Labute approximate surface area is 144 Å². The molecule has 1 aliphatic rings. The molecule has 2 rings (SSSR count). The van der Waals surface area contributed by atoms with E-state index in [1.54, 1.807) is 6.07 Å². The van der Waals surface area contributed by atoms with Gasteiger partial charge in [0, 0.05) is 12.6 Å². The molecule has 1 aromatic heterocycles. The third-order valence-electron chi connectivity index (χ3n) is 3.67. The maximum absolute atomic E-state index is 11.6. The molecule has 136 valence electrons. The maximum atomic E-state index is 11.6. The maximum Gasteiger partial charge on any atom is 0.321 e. The molecule has 0 unspecified atom stereocenters. The van der Waals surface area contributed by atoms with E-state index in [0.717, 1.165) is 25.7 Å². The summed E-state index contributed by atoms with van der Waals surface area (Å²) in [7, 11) is 0. The first-order chi connectivity index (χ1) is 12.0. The highest BCUT2D eigenvalue weighted by Gasteiger charge is 2.18. The van der Waals surface area contributed by atoms with E-state index in [9.17, 15) is 19.2 Å². The Kier molecular flexibility index (Phi) is 7.00. The van der Waals surface area contributed by atoms with E-state index < -0.39 is 30.4 Å². The number of hydrogen-bond donors (Lipinski definition) is 3. The Morgan fingerprint density at radius 2 is 1.96 bits per heavy atom. The highest BCUT2D eigenvalue weighted by molar-refractivity contribution is 5.95. The minimum Gasteiger partial charge on any atom is -0.459 e. The Morgan fingerprint density at radius 1 is 1.20 bits per heavy atom. The van der Waals surface area contributed by atoms with E-state index in [4.69, 9.17) is 9.15 Å². The molecule has 3 N–H and O–H groups in total. The van der Waals surface area contributed by atoms with Gasteiger partial charge in [-0.05, 0) is 25.0 Å². The van der Waals surface area contributed by atoms with Crippen molar-refractivity contribution >= 4 is 23.8 Å². The van der Waals surface area contributed by atoms with Crippen molar-refractivity contribution in [2.75, 3.05) is 13.2 Å². The van der Waals surface area contributed by atoms with E-state index in [1.165, 1.54) is 12.3 Å². The molecule has 9 heteroatoms. The molecule has 0 bridgehead atoms. The smallest absolute Gasteiger partial charge is 0.321 e. The number of carbonyl (C=O) groups is 4. The molecule has 1 fully saturated rings. The zero-order chi connectivity index (χ0) is 18.1. The van der Waals surface area contributed by atoms with Crippen LogP contribution in [0.15, 0.2) is 22.8 Å². The van der Waals surface area contributed by atoms with Gasteiger partial charge in [-0.3, -0.25) is 19.7 Å². The van der Waals surface area contributed by atoms with Gasteiger partial charge in [-0.15, -0.1) is 0 Å². The first-order valence-electron chi connectivity index (χ1n) is 8.12. The summed E-state index contributed by atoms with van der Waals surface area (Å²) >= 11 is 0. The molecule has 0 aliphatic heterocycles. The van der Waals surface area contributed by atoms with Crippen LogP contribution in [0, 0.1) is 0 Å². The molecule has 9 nitrogen and oxygen atoms in total. The van der Waals surface area contributed by atoms with Gasteiger partial charge in [0.1, 0.15) is 0 Å². The van der Waals surface area contributed by atoms with Crippen molar-refractivity contribution in [3.05, 3.63) is 24.2 Å². The van der Waals surface area contributed by atoms with Gasteiger partial charge in [0.05, 0.1) is 12.7 Å². The van der Waals surface area contributed by atoms with E-state index in [2.05, 4.69) is 16.0 Å². The van der Waals surface area contributed by atoms with Crippen molar-refractivity contribution in [3.63, 3.8) is 0 Å². The normalized spacial score (nSPS) is 13.9. The Hall–Kier alpha value is -2.84. The van der Waals surface area contributed by atoms with Crippen LogP contribution in [-0.4, -0.2) is 43.0 Å². The second-order valence-electron chi connectivity index (χ2n) is 5.65. The topological polar surface area (TPSA) is 127 Å². The van der Waals surface area contributed by atoms with E-state index >= 15 is 0 Å². The lowest BCUT2D eigenvalue weighted by atomic mass is 10.2. The minimum absolute atomic E-state index is 0.0438. The number of amides is 4. The molecule has 4 amide bonds. The van der Waals surface area contributed by atoms with Crippen LogP contribution in [0.5, 0.6) is 0 Å². The van der Waals surface area contributed by atoms with Gasteiger partial charge in [0.15, 0.2) is 12.4 Å².